The lowest BCUT2D eigenvalue weighted by Crippen LogP contribution is -2.44. The maximum atomic E-state index is 12.4. The fourth-order valence-corrected chi connectivity index (χ4v) is 4.19. The van der Waals surface area contributed by atoms with E-state index in [1.54, 1.807) is 23.9 Å². The number of hydrogen-bond donors (Lipinski definition) is 2. The van der Waals surface area contributed by atoms with E-state index >= 15 is 0 Å². The first kappa shape index (κ1) is 18.6. The second-order valence-electron chi connectivity index (χ2n) is 6.73. The van der Waals surface area contributed by atoms with E-state index < -0.39 is 11.8 Å². The molecule has 140 valence electrons. The van der Waals surface area contributed by atoms with E-state index in [1.807, 2.05) is 0 Å². The number of hydrazine groups is 1. The van der Waals surface area contributed by atoms with E-state index in [0.717, 1.165) is 30.2 Å². The van der Waals surface area contributed by atoms with Gasteiger partial charge in [-0.05, 0) is 34.8 Å². The highest BCUT2D eigenvalue weighted by atomic mass is 79.9. The third-order valence-electron chi connectivity index (χ3n) is 5.01. The highest BCUT2D eigenvalue weighted by molar-refractivity contribution is 9.10. The molecule has 4 amide bonds. The first-order valence-corrected chi connectivity index (χ1v) is 9.44. The number of likely N-dealkylation sites (tertiary alicyclic amines) is 1. The molecule has 2 fully saturated rings. The molecule has 0 bridgehead atoms. The standard InChI is InChI=1S/C17H21BrN4O4/c1-21-9-10(18)8-13(21)15(24)20-19-14(23)6-7-22-16(25)11-4-2-3-5-12(11)17(22)26/h8-9,11-12H,2-7H2,1H3,(H,19,23)(H,20,24)/t11-,12+. The van der Waals surface area contributed by atoms with Crippen molar-refractivity contribution in [3.63, 3.8) is 0 Å². The fourth-order valence-electron chi connectivity index (χ4n) is 3.67. The number of amides is 4. The van der Waals surface area contributed by atoms with Crippen molar-refractivity contribution in [1.82, 2.24) is 20.3 Å². The second-order valence-corrected chi connectivity index (χ2v) is 7.65. The van der Waals surface area contributed by atoms with Crippen LogP contribution >= 0.6 is 15.9 Å². The average molecular weight is 425 g/mol. The molecule has 2 atom stereocenters. The Bertz CT molecular complexity index is 736. The van der Waals surface area contributed by atoms with Gasteiger partial charge in [0.1, 0.15) is 5.69 Å². The minimum Gasteiger partial charge on any atom is -0.345 e. The van der Waals surface area contributed by atoms with Gasteiger partial charge < -0.3 is 4.57 Å². The molecule has 1 aliphatic heterocycles. The number of carbonyl (C=O) groups is 4. The lowest BCUT2D eigenvalue weighted by atomic mass is 9.81. The second kappa shape index (κ2) is 7.61. The predicted molar refractivity (Wildman–Crippen MR) is 95.5 cm³/mol. The SMILES string of the molecule is Cn1cc(Br)cc1C(=O)NNC(=O)CCN1C(=O)[C@H]2CCCC[C@H]2C1=O. The number of halogens is 1. The highest BCUT2D eigenvalue weighted by Crippen LogP contribution is 2.37. The van der Waals surface area contributed by atoms with Gasteiger partial charge in [0, 0.05) is 30.7 Å². The molecule has 1 aromatic rings. The Morgan fingerprint density at radius 2 is 1.77 bits per heavy atom. The molecular weight excluding hydrogens is 404 g/mol. The van der Waals surface area contributed by atoms with Crippen LogP contribution in [0, 0.1) is 11.8 Å². The van der Waals surface area contributed by atoms with Crippen LogP contribution < -0.4 is 10.9 Å². The summed E-state index contributed by atoms with van der Waals surface area (Å²) >= 11 is 3.27. The molecule has 0 spiro atoms. The van der Waals surface area contributed by atoms with Crippen LogP contribution in [0.4, 0.5) is 0 Å². The van der Waals surface area contributed by atoms with E-state index in [2.05, 4.69) is 26.8 Å². The molecule has 9 heteroatoms. The lowest BCUT2D eigenvalue weighted by Gasteiger charge is -2.19. The van der Waals surface area contributed by atoms with Crippen LogP contribution in [0.15, 0.2) is 16.7 Å². The predicted octanol–water partition coefficient (Wildman–Crippen LogP) is 1.11. The normalized spacial score (nSPS) is 22.3. The Balaban J connectivity index is 1.48. The van der Waals surface area contributed by atoms with Gasteiger partial charge in [0.15, 0.2) is 0 Å². The molecule has 0 unspecified atom stereocenters. The Hall–Kier alpha value is -2.16. The fraction of sp³-hybridized carbons (Fsp3) is 0.529. The van der Waals surface area contributed by atoms with Gasteiger partial charge in [-0.2, -0.15) is 0 Å². The Labute approximate surface area is 159 Å². The van der Waals surface area contributed by atoms with Crippen molar-refractivity contribution >= 4 is 39.6 Å². The summed E-state index contributed by atoms with van der Waals surface area (Å²) in [6, 6.07) is 1.63. The monoisotopic (exact) mass is 424 g/mol. The minimum absolute atomic E-state index is 0.0437. The molecule has 2 N–H and O–H groups in total. The number of nitrogens with zero attached hydrogens (tertiary/aromatic N) is 2. The number of fused-ring (bicyclic) bond motifs is 1. The lowest BCUT2D eigenvalue weighted by molar-refractivity contribution is -0.140. The van der Waals surface area contributed by atoms with Gasteiger partial charge in [-0.3, -0.25) is 34.9 Å². The first-order chi connectivity index (χ1) is 12.4. The molecule has 2 aliphatic rings. The van der Waals surface area contributed by atoms with Crippen LogP contribution in [0.2, 0.25) is 0 Å². The maximum Gasteiger partial charge on any atom is 0.286 e. The Morgan fingerprint density at radius 3 is 2.31 bits per heavy atom. The molecule has 1 aromatic heterocycles. The van der Waals surface area contributed by atoms with E-state index in [4.69, 9.17) is 0 Å². The summed E-state index contributed by atoms with van der Waals surface area (Å²) in [4.78, 5) is 49.9. The highest BCUT2D eigenvalue weighted by Gasteiger charge is 2.47. The summed E-state index contributed by atoms with van der Waals surface area (Å²) < 4.78 is 2.37. The van der Waals surface area contributed by atoms with Gasteiger partial charge in [-0.15, -0.1) is 0 Å². The molecule has 1 aliphatic carbocycles. The molecule has 8 nitrogen and oxygen atoms in total. The van der Waals surface area contributed by atoms with Gasteiger partial charge in [-0.1, -0.05) is 12.8 Å². The van der Waals surface area contributed by atoms with Gasteiger partial charge in [0.2, 0.25) is 17.7 Å². The van der Waals surface area contributed by atoms with E-state index in [0.29, 0.717) is 5.69 Å². The van der Waals surface area contributed by atoms with Crippen molar-refractivity contribution in [1.29, 1.82) is 0 Å². The topological polar surface area (TPSA) is 101 Å². The molecule has 0 aromatic carbocycles. The zero-order valence-corrected chi connectivity index (χ0v) is 16.0. The molecule has 26 heavy (non-hydrogen) atoms. The Kier molecular flexibility index (Phi) is 5.45. The van der Waals surface area contributed by atoms with Crippen molar-refractivity contribution in [2.24, 2.45) is 18.9 Å². The van der Waals surface area contributed by atoms with Crippen LogP contribution in [-0.4, -0.2) is 39.6 Å². The van der Waals surface area contributed by atoms with Gasteiger partial charge in [0.05, 0.1) is 11.8 Å². The van der Waals surface area contributed by atoms with Crippen molar-refractivity contribution in [2.75, 3.05) is 6.54 Å². The van der Waals surface area contributed by atoms with Gasteiger partial charge in [0.25, 0.3) is 5.91 Å². The zero-order chi connectivity index (χ0) is 18.8. The summed E-state index contributed by atoms with van der Waals surface area (Å²) in [6.07, 6.45) is 5.11. The first-order valence-electron chi connectivity index (χ1n) is 8.64. The van der Waals surface area contributed by atoms with Crippen LogP contribution in [-0.2, 0) is 21.4 Å². The third kappa shape index (κ3) is 3.67. The summed E-state index contributed by atoms with van der Waals surface area (Å²) in [5, 5.41) is 0. The van der Waals surface area contributed by atoms with Gasteiger partial charge in [-0.25, -0.2) is 0 Å². The quantitative estimate of drug-likeness (QED) is 0.558. The third-order valence-corrected chi connectivity index (χ3v) is 5.45. The summed E-state index contributed by atoms with van der Waals surface area (Å²) in [6.45, 7) is 0.0437. The van der Waals surface area contributed by atoms with Crippen molar-refractivity contribution < 1.29 is 19.2 Å². The maximum absolute atomic E-state index is 12.4. The number of rotatable bonds is 4. The zero-order valence-electron chi connectivity index (χ0n) is 14.5. The van der Waals surface area contributed by atoms with Crippen molar-refractivity contribution in [3.05, 3.63) is 22.4 Å². The molecular formula is C17H21BrN4O4. The van der Waals surface area contributed by atoms with Crippen LogP contribution in [0.1, 0.15) is 42.6 Å². The summed E-state index contributed by atoms with van der Waals surface area (Å²) in [5.74, 6) is -1.66. The smallest absolute Gasteiger partial charge is 0.286 e. The number of aryl methyl sites for hydroxylation is 1. The van der Waals surface area contributed by atoms with Crippen molar-refractivity contribution in [2.45, 2.75) is 32.1 Å². The van der Waals surface area contributed by atoms with E-state index in [9.17, 15) is 19.2 Å². The van der Waals surface area contributed by atoms with Crippen LogP contribution in [0.25, 0.3) is 0 Å². The van der Waals surface area contributed by atoms with Gasteiger partial charge >= 0.3 is 0 Å². The number of aromatic nitrogens is 1. The Morgan fingerprint density at radius 1 is 1.15 bits per heavy atom. The van der Waals surface area contributed by atoms with Crippen LogP contribution in [0.3, 0.4) is 0 Å². The molecule has 1 saturated heterocycles. The summed E-state index contributed by atoms with van der Waals surface area (Å²) in [7, 11) is 1.71. The number of hydrogen-bond acceptors (Lipinski definition) is 4. The molecule has 2 heterocycles. The largest absolute Gasteiger partial charge is 0.345 e. The molecule has 3 rings (SSSR count). The average Bonchev–Trinajstić information content (AvgIpc) is 3.08. The number of nitrogens with one attached hydrogen (secondary N) is 2. The minimum atomic E-state index is -0.456. The van der Waals surface area contributed by atoms with E-state index in [-0.39, 0.29) is 36.6 Å². The number of carbonyl (C=O) groups excluding carboxylic acids is 4. The molecule has 1 saturated carbocycles. The number of imide groups is 1. The molecule has 0 radical (unpaired) electrons. The van der Waals surface area contributed by atoms with Crippen molar-refractivity contribution in [3.8, 4) is 0 Å². The summed E-state index contributed by atoms with van der Waals surface area (Å²) in [5.41, 5.74) is 5.03. The van der Waals surface area contributed by atoms with E-state index in [1.165, 1.54) is 4.90 Å². The van der Waals surface area contributed by atoms with Crippen LogP contribution in [0.5, 0.6) is 0 Å².